The molecule has 0 saturated carbocycles. The fourth-order valence-electron chi connectivity index (χ4n) is 7.11. The summed E-state index contributed by atoms with van der Waals surface area (Å²) < 4.78 is 0. The summed E-state index contributed by atoms with van der Waals surface area (Å²) in [6.07, 6.45) is 11.7. The van der Waals surface area contributed by atoms with Gasteiger partial charge < -0.3 is 0 Å². The number of fused-ring (bicyclic) bond motifs is 12. The Kier molecular flexibility index (Phi) is 12.1. The second kappa shape index (κ2) is 17.9. The fraction of sp³-hybridized carbons (Fsp3) is 0.0217. The minimum absolute atomic E-state index is 0. The van der Waals surface area contributed by atoms with Crippen molar-refractivity contribution < 1.29 is 19.5 Å². The molecule has 58 heavy (non-hydrogen) atoms. The van der Waals surface area contributed by atoms with Crippen LogP contribution in [0.3, 0.4) is 0 Å². The van der Waals surface area contributed by atoms with Gasteiger partial charge in [-0.3, -0.25) is 34.9 Å². The first kappa shape index (κ1) is 39.2. The average Bonchev–Trinajstić information content (AvgIpc) is 4.10. The first-order valence-electron chi connectivity index (χ1n) is 18.0. The molecule has 0 radical (unpaired) electrons. The molecule has 3 aromatic carbocycles. The van der Waals surface area contributed by atoms with Crippen LogP contribution < -0.4 is 0 Å². The molecule has 0 aliphatic carbocycles. The third-order valence-electron chi connectivity index (χ3n) is 9.64. The van der Waals surface area contributed by atoms with Crippen LogP contribution in [0.2, 0.25) is 0 Å². The van der Waals surface area contributed by atoms with E-state index in [1.807, 2.05) is 60.1 Å². The SMILES string of the molecule is ClCl.[Ru].c1cnc2c(c1)ccc1cccnc12.c1cnc2c(c1)ccc1cccnc12.c1csc(-c2ccc(C3=Nc4c(c5cccnc5c5ncccc45)C3)s2)c1. The number of pyridine rings is 6. The van der Waals surface area contributed by atoms with Crippen LogP contribution in [0, 0.1) is 0 Å². The molecule has 282 valence electrons. The van der Waals surface area contributed by atoms with E-state index in [2.05, 4.69) is 142 Å². The second-order valence-corrected chi connectivity index (χ2v) is 15.0. The van der Waals surface area contributed by atoms with Crippen LogP contribution in [0.25, 0.3) is 75.2 Å². The fourth-order valence-corrected chi connectivity index (χ4v) is 8.93. The van der Waals surface area contributed by atoms with E-state index in [-0.39, 0.29) is 19.5 Å². The zero-order valence-electron chi connectivity index (χ0n) is 30.4. The number of benzene rings is 3. The summed E-state index contributed by atoms with van der Waals surface area (Å²) in [4.78, 5) is 35.5. The third kappa shape index (κ3) is 7.70. The molecule has 0 fully saturated rings. The first-order valence-corrected chi connectivity index (χ1v) is 20.8. The molecule has 0 N–H and O–H groups in total. The molecule has 0 spiro atoms. The van der Waals surface area contributed by atoms with Crippen molar-refractivity contribution in [3.8, 4) is 9.75 Å². The molecule has 0 bridgehead atoms. The van der Waals surface area contributed by atoms with Crippen molar-refractivity contribution in [3.05, 3.63) is 174 Å². The van der Waals surface area contributed by atoms with Gasteiger partial charge >= 0.3 is 0 Å². The number of halogens is 2. The van der Waals surface area contributed by atoms with Gasteiger partial charge in [0.2, 0.25) is 0 Å². The number of nitrogens with zero attached hydrogens (tertiary/aromatic N) is 7. The number of aliphatic imine (C=N–C) groups is 1. The van der Waals surface area contributed by atoms with Crippen molar-refractivity contribution in [1.29, 1.82) is 0 Å². The van der Waals surface area contributed by atoms with Crippen LogP contribution in [0.15, 0.2) is 169 Å². The molecule has 0 atom stereocenters. The molecular weight excluding hydrogens is 887 g/mol. The van der Waals surface area contributed by atoms with E-state index < -0.39 is 0 Å². The van der Waals surface area contributed by atoms with Gasteiger partial charge in [0.1, 0.15) is 0 Å². The molecule has 7 nitrogen and oxygen atoms in total. The van der Waals surface area contributed by atoms with E-state index in [9.17, 15) is 0 Å². The van der Waals surface area contributed by atoms with E-state index in [1.165, 1.54) is 20.2 Å². The van der Waals surface area contributed by atoms with Gasteiger partial charge in [-0.2, -0.15) is 0 Å². The van der Waals surface area contributed by atoms with Gasteiger partial charge in [0.25, 0.3) is 0 Å². The Morgan fingerprint density at radius 3 is 1.33 bits per heavy atom. The summed E-state index contributed by atoms with van der Waals surface area (Å²) in [6, 6.07) is 41.2. The maximum atomic E-state index is 5.06. The van der Waals surface area contributed by atoms with Crippen LogP contribution >= 0.6 is 44.4 Å². The van der Waals surface area contributed by atoms with Crippen molar-refractivity contribution in [3.63, 3.8) is 0 Å². The summed E-state index contributed by atoms with van der Waals surface area (Å²) in [5.74, 6) is 0. The predicted molar refractivity (Wildman–Crippen MR) is 240 cm³/mol. The number of rotatable bonds is 2. The normalized spacial score (nSPS) is 11.5. The van der Waals surface area contributed by atoms with Gasteiger partial charge in [-0.05, 0) is 71.6 Å². The van der Waals surface area contributed by atoms with Crippen LogP contribution in [0.1, 0.15) is 10.4 Å². The smallest absolute Gasteiger partial charge is 0.0986 e. The van der Waals surface area contributed by atoms with Crippen LogP contribution in [-0.4, -0.2) is 35.6 Å². The zero-order chi connectivity index (χ0) is 38.6. The maximum absolute atomic E-state index is 5.06. The Morgan fingerprint density at radius 1 is 0.414 bits per heavy atom. The molecule has 0 saturated heterocycles. The molecule has 1 aliphatic rings. The molecule has 0 amide bonds. The average molecular weight is 916 g/mol. The quantitative estimate of drug-likeness (QED) is 0.127. The first-order chi connectivity index (χ1) is 28.3. The van der Waals surface area contributed by atoms with Gasteiger partial charge in [-0.25, -0.2) is 0 Å². The summed E-state index contributed by atoms with van der Waals surface area (Å²) >= 11 is 3.59. The number of hydrogen-bond donors (Lipinski definition) is 0. The van der Waals surface area contributed by atoms with Gasteiger partial charge in [-0.1, -0.05) is 60.7 Å². The van der Waals surface area contributed by atoms with Crippen molar-refractivity contribution in [2.45, 2.75) is 6.42 Å². The monoisotopic (exact) mass is 915 g/mol. The molecule has 8 aromatic heterocycles. The maximum Gasteiger partial charge on any atom is 0.0986 e. The summed E-state index contributed by atoms with van der Waals surface area (Å²) in [7, 11) is 8.22. The largest absolute Gasteiger partial charge is 0.254 e. The van der Waals surface area contributed by atoms with Gasteiger partial charge in [-0.15, -0.1) is 22.7 Å². The van der Waals surface area contributed by atoms with Gasteiger partial charge in [0.15, 0.2) is 0 Å². The zero-order valence-corrected chi connectivity index (χ0v) is 35.2. The van der Waals surface area contributed by atoms with E-state index in [1.54, 1.807) is 36.1 Å². The minimum Gasteiger partial charge on any atom is -0.254 e. The van der Waals surface area contributed by atoms with E-state index in [0.717, 1.165) is 83.2 Å². The number of thiophene rings is 2. The van der Waals surface area contributed by atoms with Gasteiger partial charge in [0, 0.05) is 132 Å². The van der Waals surface area contributed by atoms with Crippen LogP contribution in [-0.2, 0) is 25.9 Å². The summed E-state index contributed by atoms with van der Waals surface area (Å²) in [5.41, 5.74) is 9.27. The summed E-state index contributed by atoms with van der Waals surface area (Å²) in [6.45, 7) is 0. The molecule has 11 aromatic rings. The van der Waals surface area contributed by atoms with Crippen molar-refractivity contribution >= 4 is 121 Å². The van der Waals surface area contributed by atoms with Crippen LogP contribution in [0.5, 0.6) is 0 Å². The van der Waals surface area contributed by atoms with Crippen molar-refractivity contribution in [1.82, 2.24) is 29.9 Å². The summed E-state index contributed by atoms with van der Waals surface area (Å²) in [5, 5.41) is 8.92. The minimum atomic E-state index is 0. The topological polar surface area (TPSA) is 89.7 Å². The molecule has 1 aliphatic heterocycles. The predicted octanol–water partition coefficient (Wildman–Crippen LogP) is 13.2. The molecular formula is C46H29Cl2N7RuS2. The molecule has 12 rings (SSSR count). The number of aromatic nitrogens is 6. The second-order valence-electron chi connectivity index (χ2n) is 12.9. The van der Waals surface area contributed by atoms with Crippen molar-refractivity contribution in [2.75, 3.05) is 0 Å². The van der Waals surface area contributed by atoms with E-state index >= 15 is 0 Å². The molecule has 12 heteroatoms. The molecule has 9 heterocycles. The Balaban J connectivity index is 0.000000128. The Bertz CT molecular complexity index is 3010. The standard InChI is InChI=1S/C22H13N3S2.2C12H8N2.Cl2.Ru/c1-4-13-15-12-16(17-7-8-19(27-17)18-6-3-11-26-18)25-20(15)14-5-2-10-24-22(14)21(13)23-9-1;2*1-3-9-5-6-10-4-2-8-14-12(10)11(9)13-7-1;1-2;/h1-11H,12H2;2*1-8H;;. The van der Waals surface area contributed by atoms with Crippen LogP contribution in [0.4, 0.5) is 5.69 Å². The Morgan fingerprint density at radius 2 is 0.845 bits per heavy atom. The number of hydrogen-bond acceptors (Lipinski definition) is 9. The Hall–Kier alpha value is -5.61. The molecule has 0 unspecified atom stereocenters. The van der Waals surface area contributed by atoms with Crippen molar-refractivity contribution in [2.24, 2.45) is 4.99 Å². The third-order valence-corrected chi connectivity index (χ3v) is 11.8. The van der Waals surface area contributed by atoms with E-state index in [4.69, 9.17) is 4.99 Å². The van der Waals surface area contributed by atoms with Gasteiger partial charge in [0.05, 0.1) is 44.5 Å². The van der Waals surface area contributed by atoms with E-state index in [0.29, 0.717) is 0 Å². The Labute approximate surface area is 363 Å².